The van der Waals surface area contributed by atoms with E-state index in [2.05, 4.69) is 0 Å². The number of cyclic esters (lactones) is 1. The molecule has 4 heteroatoms. The molecule has 0 aromatic heterocycles. The average Bonchev–Trinajstić information content (AvgIpc) is 2.18. The Morgan fingerprint density at radius 1 is 1.64 bits per heavy atom. The Morgan fingerprint density at radius 2 is 2.43 bits per heavy atom. The quantitative estimate of drug-likeness (QED) is 0.633. The number of ether oxygens (including phenoxy) is 2. The van der Waals surface area contributed by atoms with Gasteiger partial charge in [-0.05, 0) is 12.8 Å². The zero-order valence-electron chi connectivity index (χ0n) is 8.10. The third-order valence-corrected chi connectivity index (χ3v) is 2.99. The summed E-state index contributed by atoms with van der Waals surface area (Å²) in [6, 6.07) is 0. The molecule has 2 aliphatic heterocycles. The second kappa shape index (κ2) is 3.61. The van der Waals surface area contributed by atoms with E-state index >= 15 is 0 Å². The fraction of sp³-hybridized carbons (Fsp3) is 0.700. The van der Waals surface area contributed by atoms with Crippen molar-refractivity contribution in [1.29, 1.82) is 0 Å². The van der Waals surface area contributed by atoms with Crippen LogP contribution in [0.4, 0.5) is 0 Å². The van der Waals surface area contributed by atoms with Crippen LogP contribution >= 0.6 is 0 Å². The number of fused-ring (bicyclic) bond motifs is 1. The molecule has 2 rings (SSSR count). The number of aliphatic hydroxyl groups is 1. The standard InChI is InChI=1S/C10H14O4/c1-2-6-7-3-4-13-10(12)8(7)5-14-9(6)11/h5-7,9,11H,2-4H2,1H3/t6-,7+,9?/m1/s1. The number of hydrogen-bond donors (Lipinski definition) is 1. The van der Waals surface area contributed by atoms with E-state index in [1.165, 1.54) is 6.26 Å². The molecule has 0 aliphatic carbocycles. The van der Waals surface area contributed by atoms with Crippen molar-refractivity contribution in [1.82, 2.24) is 0 Å². The molecule has 0 aromatic carbocycles. The first-order chi connectivity index (χ1) is 6.74. The van der Waals surface area contributed by atoms with Gasteiger partial charge in [-0.2, -0.15) is 0 Å². The first-order valence-corrected chi connectivity index (χ1v) is 4.94. The van der Waals surface area contributed by atoms with Gasteiger partial charge in [-0.1, -0.05) is 6.92 Å². The number of rotatable bonds is 1. The van der Waals surface area contributed by atoms with Gasteiger partial charge in [-0.15, -0.1) is 0 Å². The molecule has 0 saturated carbocycles. The van der Waals surface area contributed by atoms with Gasteiger partial charge < -0.3 is 14.6 Å². The van der Waals surface area contributed by atoms with Gasteiger partial charge in [0.1, 0.15) is 0 Å². The zero-order chi connectivity index (χ0) is 10.1. The third kappa shape index (κ3) is 1.39. The van der Waals surface area contributed by atoms with Crippen LogP contribution in [-0.4, -0.2) is 24.0 Å². The van der Waals surface area contributed by atoms with Crippen LogP contribution in [0.15, 0.2) is 11.8 Å². The molecule has 0 amide bonds. The van der Waals surface area contributed by atoms with Crippen LogP contribution in [0, 0.1) is 11.8 Å². The highest BCUT2D eigenvalue weighted by Crippen LogP contribution is 2.37. The minimum atomic E-state index is -0.778. The van der Waals surface area contributed by atoms with E-state index in [4.69, 9.17) is 9.47 Å². The van der Waals surface area contributed by atoms with Gasteiger partial charge in [-0.25, -0.2) is 4.79 Å². The van der Waals surface area contributed by atoms with Crippen LogP contribution in [0.1, 0.15) is 19.8 Å². The molecule has 78 valence electrons. The summed E-state index contributed by atoms with van der Waals surface area (Å²) in [4.78, 5) is 11.3. The minimum absolute atomic E-state index is 0.0165. The number of hydrogen-bond acceptors (Lipinski definition) is 4. The van der Waals surface area contributed by atoms with E-state index in [0.717, 1.165) is 12.8 Å². The minimum Gasteiger partial charge on any atom is -0.472 e. The maximum Gasteiger partial charge on any atom is 0.337 e. The van der Waals surface area contributed by atoms with Gasteiger partial charge >= 0.3 is 5.97 Å². The number of carbonyl (C=O) groups excluding carboxylic acids is 1. The number of aliphatic hydroxyl groups excluding tert-OH is 1. The first-order valence-electron chi connectivity index (χ1n) is 4.94. The van der Waals surface area contributed by atoms with E-state index in [1.54, 1.807) is 0 Å². The van der Waals surface area contributed by atoms with Crippen molar-refractivity contribution in [3.8, 4) is 0 Å². The van der Waals surface area contributed by atoms with Crippen molar-refractivity contribution in [3.05, 3.63) is 11.8 Å². The van der Waals surface area contributed by atoms with Crippen LogP contribution in [0.2, 0.25) is 0 Å². The van der Waals surface area contributed by atoms with Gasteiger partial charge in [0.25, 0.3) is 0 Å². The molecule has 1 fully saturated rings. The number of carbonyl (C=O) groups is 1. The molecule has 4 nitrogen and oxygen atoms in total. The van der Waals surface area contributed by atoms with E-state index in [-0.39, 0.29) is 17.8 Å². The van der Waals surface area contributed by atoms with E-state index < -0.39 is 6.29 Å². The van der Waals surface area contributed by atoms with Crippen molar-refractivity contribution in [2.45, 2.75) is 26.1 Å². The Labute approximate surface area is 82.5 Å². The van der Waals surface area contributed by atoms with Crippen molar-refractivity contribution in [2.24, 2.45) is 11.8 Å². The average molecular weight is 198 g/mol. The summed E-state index contributed by atoms with van der Waals surface area (Å²) in [6.07, 6.45) is 2.16. The van der Waals surface area contributed by atoms with Gasteiger partial charge in [-0.3, -0.25) is 0 Å². The van der Waals surface area contributed by atoms with Gasteiger partial charge in [0, 0.05) is 11.8 Å². The van der Waals surface area contributed by atoms with Gasteiger partial charge in [0.05, 0.1) is 18.4 Å². The van der Waals surface area contributed by atoms with Crippen LogP contribution in [0.3, 0.4) is 0 Å². The molecule has 0 spiro atoms. The molecular weight excluding hydrogens is 184 g/mol. The Hall–Kier alpha value is -1.03. The smallest absolute Gasteiger partial charge is 0.337 e. The van der Waals surface area contributed by atoms with E-state index in [0.29, 0.717) is 12.2 Å². The van der Waals surface area contributed by atoms with Gasteiger partial charge in [0.2, 0.25) is 0 Å². The summed E-state index contributed by atoms with van der Waals surface area (Å²) in [5.74, 6) is -0.181. The van der Waals surface area contributed by atoms with Crippen LogP contribution in [0.5, 0.6) is 0 Å². The predicted molar refractivity (Wildman–Crippen MR) is 48.0 cm³/mol. The fourth-order valence-corrected chi connectivity index (χ4v) is 2.18. The third-order valence-electron chi connectivity index (χ3n) is 2.99. The normalized spacial score (nSPS) is 36.6. The summed E-state index contributed by atoms with van der Waals surface area (Å²) >= 11 is 0. The Kier molecular flexibility index (Phi) is 2.46. The van der Waals surface area contributed by atoms with E-state index in [9.17, 15) is 9.90 Å². The van der Waals surface area contributed by atoms with Crippen molar-refractivity contribution in [3.63, 3.8) is 0 Å². The highest BCUT2D eigenvalue weighted by Gasteiger charge is 2.40. The molecule has 0 radical (unpaired) electrons. The Morgan fingerprint density at radius 3 is 3.14 bits per heavy atom. The fourth-order valence-electron chi connectivity index (χ4n) is 2.18. The summed E-state index contributed by atoms with van der Waals surface area (Å²) in [6.45, 7) is 2.43. The molecular formula is C10H14O4. The SMILES string of the molecule is CC[C@H]1C(O)OC=C2C(=O)OCC[C@H]21. The summed E-state index contributed by atoms with van der Waals surface area (Å²) < 4.78 is 9.92. The van der Waals surface area contributed by atoms with Crippen LogP contribution < -0.4 is 0 Å². The maximum absolute atomic E-state index is 11.3. The first kappa shape index (κ1) is 9.52. The predicted octanol–water partition coefficient (Wildman–Crippen LogP) is 0.808. The van der Waals surface area contributed by atoms with Crippen LogP contribution in [0.25, 0.3) is 0 Å². The highest BCUT2D eigenvalue weighted by atomic mass is 16.6. The second-order valence-corrected chi connectivity index (χ2v) is 3.70. The van der Waals surface area contributed by atoms with Crippen LogP contribution in [-0.2, 0) is 14.3 Å². The highest BCUT2D eigenvalue weighted by molar-refractivity contribution is 5.89. The maximum atomic E-state index is 11.3. The molecule has 0 bridgehead atoms. The molecule has 1 saturated heterocycles. The van der Waals surface area contributed by atoms with Crippen molar-refractivity contribution >= 4 is 5.97 Å². The van der Waals surface area contributed by atoms with Gasteiger partial charge in [0.15, 0.2) is 6.29 Å². The lowest BCUT2D eigenvalue weighted by atomic mass is 9.79. The van der Waals surface area contributed by atoms with Crippen molar-refractivity contribution < 1.29 is 19.4 Å². The topological polar surface area (TPSA) is 55.8 Å². The second-order valence-electron chi connectivity index (χ2n) is 3.70. The van der Waals surface area contributed by atoms with Crippen molar-refractivity contribution in [2.75, 3.05) is 6.61 Å². The van der Waals surface area contributed by atoms with E-state index in [1.807, 2.05) is 6.92 Å². The Balaban J connectivity index is 2.25. The molecule has 2 heterocycles. The molecule has 1 unspecified atom stereocenters. The molecule has 1 N–H and O–H groups in total. The number of esters is 1. The summed E-state index contributed by atoms with van der Waals surface area (Å²) in [5.41, 5.74) is 0.577. The largest absolute Gasteiger partial charge is 0.472 e. The lowest BCUT2D eigenvalue weighted by molar-refractivity contribution is -0.155. The lowest BCUT2D eigenvalue weighted by Gasteiger charge is -2.36. The zero-order valence-corrected chi connectivity index (χ0v) is 8.10. The monoisotopic (exact) mass is 198 g/mol. The summed E-state index contributed by atoms with van der Waals surface area (Å²) in [7, 11) is 0. The lowest BCUT2D eigenvalue weighted by Crippen LogP contribution is -2.39. The summed E-state index contributed by atoms with van der Waals surface area (Å²) in [5, 5.41) is 9.58. The Bertz CT molecular complexity index is 271. The molecule has 3 atom stereocenters. The molecule has 14 heavy (non-hydrogen) atoms. The molecule has 0 aromatic rings. The molecule has 2 aliphatic rings.